The molecule has 0 aliphatic rings. The Balaban J connectivity index is 4.19. The molecule has 0 amide bonds. The lowest BCUT2D eigenvalue weighted by atomic mass is 10.3. The number of alkyl halides is 1. The summed E-state index contributed by atoms with van der Waals surface area (Å²) in [5, 5.41) is 0. The molecule has 0 radical (unpaired) electrons. The molecule has 0 saturated heterocycles. The molecule has 0 rings (SSSR count). The van der Waals surface area contributed by atoms with E-state index in [1.54, 1.807) is 7.05 Å². The van der Waals surface area contributed by atoms with Gasteiger partial charge in [-0.25, -0.2) is 0 Å². The summed E-state index contributed by atoms with van der Waals surface area (Å²) >= 11 is 3.37. The highest BCUT2D eigenvalue weighted by Crippen LogP contribution is 2.07. The summed E-state index contributed by atoms with van der Waals surface area (Å²) in [5.41, 5.74) is 0. The zero-order valence-electron chi connectivity index (χ0n) is 8.49. The van der Waals surface area contributed by atoms with Crippen molar-refractivity contribution in [1.82, 2.24) is 8.61 Å². The quantitative estimate of drug-likeness (QED) is 0.698. The van der Waals surface area contributed by atoms with Crippen molar-refractivity contribution in [2.24, 2.45) is 0 Å². The van der Waals surface area contributed by atoms with Gasteiger partial charge in [0.15, 0.2) is 0 Å². The van der Waals surface area contributed by atoms with E-state index in [9.17, 15) is 8.42 Å². The van der Waals surface area contributed by atoms with Crippen LogP contribution < -0.4 is 0 Å². The van der Waals surface area contributed by atoms with Gasteiger partial charge in [-0.2, -0.15) is 17.0 Å². The van der Waals surface area contributed by atoms with Gasteiger partial charge in [0.05, 0.1) is 0 Å². The maximum atomic E-state index is 11.5. The van der Waals surface area contributed by atoms with E-state index in [-0.39, 0.29) is 0 Å². The maximum absolute atomic E-state index is 11.5. The van der Waals surface area contributed by atoms with Crippen LogP contribution in [-0.2, 0) is 10.2 Å². The lowest BCUT2D eigenvalue weighted by molar-refractivity contribution is 0.413. The molecule has 0 N–H and O–H groups in total. The van der Waals surface area contributed by atoms with Crippen LogP contribution in [0.2, 0.25) is 0 Å². The van der Waals surface area contributed by atoms with Gasteiger partial charge in [0.25, 0.3) is 10.2 Å². The fourth-order valence-electron chi connectivity index (χ4n) is 0.754. The van der Waals surface area contributed by atoms with Crippen molar-refractivity contribution in [2.75, 3.05) is 27.7 Å². The summed E-state index contributed by atoms with van der Waals surface area (Å²) < 4.78 is 25.5. The zero-order chi connectivity index (χ0) is 10.6. The molecule has 0 fully saturated rings. The largest absolute Gasteiger partial charge is 0.281 e. The van der Waals surface area contributed by atoms with Gasteiger partial charge in [-0.1, -0.05) is 22.9 Å². The first-order chi connectivity index (χ1) is 5.78. The van der Waals surface area contributed by atoms with E-state index < -0.39 is 10.2 Å². The number of halogens is 1. The molecule has 0 aliphatic carbocycles. The molecule has 6 heteroatoms. The van der Waals surface area contributed by atoms with Crippen LogP contribution in [0.5, 0.6) is 0 Å². The molecule has 13 heavy (non-hydrogen) atoms. The van der Waals surface area contributed by atoms with Crippen molar-refractivity contribution < 1.29 is 8.42 Å². The first-order valence-electron chi connectivity index (χ1n) is 4.06. The van der Waals surface area contributed by atoms with Gasteiger partial charge in [0.1, 0.15) is 0 Å². The zero-order valence-corrected chi connectivity index (χ0v) is 10.9. The number of nitrogens with zero attached hydrogens (tertiary/aromatic N) is 2. The standard InChI is InChI=1S/C7H17BrN2O2S/c1-7(8)5-6-10(4)13(11,12)9(2)3/h7H,5-6H2,1-4H3. The third kappa shape index (κ3) is 4.39. The molecule has 0 aromatic rings. The molecule has 0 saturated carbocycles. The van der Waals surface area contributed by atoms with E-state index in [0.717, 1.165) is 6.42 Å². The molecule has 0 spiro atoms. The summed E-state index contributed by atoms with van der Waals surface area (Å²) in [6.45, 7) is 2.53. The van der Waals surface area contributed by atoms with Crippen LogP contribution in [0.15, 0.2) is 0 Å². The molecule has 0 bridgehead atoms. The molecular weight excluding hydrogens is 256 g/mol. The molecule has 80 valence electrons. The molecule has 1 unspecified atom stereocenters. The van der Waals surface area contributed by atoms with Gasteiger partial charge in [-0.05, 0) is 6.42 Å². The van der Waals surface area contributed by atoms with Crippen LogP contribution in [-0.4, -0.2) is 49.5 Å². The molecular formula is C7H17BrN2O2S. The van der Waals surface area contributed by atoms with Crippen LogP contribution in [0.3, 0.4) is 0 Å². The van der Waals surface area contributed by atoms with Crippen molar-refractivity contribution in [3.05, 3.63) is 0 Å². The van der Waals surface area contributed by atoms with Gasteiger partial charge >= 0.3 is 0 Å². The van der Waals surface area contributed by atoms with E-state index in [1.807, 2.05) is 6.92 Å². The summed E-state index contributed by atoms with van der Waals surface area (Å²) in [6.07, 6.45) is 0.809. The van der Waals surface area contributed by atoms with Gasteiger partial charge in [0.2, 0.25) is 0 Å². The van der Waals surface area contributed by atoms with E-state index in [1.165, 1.54) is 22.7 Å². The molecule has 0 aromatic carbocycles. The van der Waals surface area contributed by atoms with Crippen LogP contribution >= 0.6 is 15.9 Å². The highest BCUT2D eigenvalue weighted by Gasteiger charge is 2.19. The Hall–Kier alpha value is 0.350. The van der Waals surface area contributed by atoms with Crippen molar-refractivity contribution in [3.8, 4) is 0 Å². The summed E-state index contributed by atoms with van der Waals surface area (Å²) in [5.74, 6) is 0. The lowest BCUT2D eigenvalue weighted by Crippen LogP contribution is -2.38. The maximum Gasteiger partial charge on any atom is 0.281 e. The highest BCUT2D eigenvalue weighted by atomic mass is 79.9. The lowest BCUT2D eigenvalue weighted by Gasteiger charge is -2.21. The van der Waals surface area contributed by atoms with Crippen LogP contribution in [0.1, 0.15) is 13.3 Å². The normalized spacial score (nSPS) is 15.3. The molecule has 0 aliphatic heterocycles. The topological polar surface area (TPSA) is 40.6 Å². The van der Waals surface area contributed by atoms with Gasteiger partial charge in [-0.3, -0.25) is 0 Å². The Morgan fingerprint density at radius 1 is 1.31 bits per heavy atom. The summed E-state index contributed by atoms with van der Waals surface area (Å²) in [4.78, 5) is 0.340. The molecule has 4 nitrogen and oxygen atoms in total. The first-order valence-corrected chi connectivity index (χ1v) is 6.37. The molecule has 0 heterocycles. The fraction of sp³-hybridized carbons (Fsp3) is 1.00. The third-order valence-electron chi connectivity index (χ3n) is 1.70. The Bertz CT molecular complexity index is 239. The smallest absolute Gasteiger partial charge is 0.195 e. The van der Waals surface area contributed by atoms with E-state index in [0.29, 0.717) is 11.4 Å². The predicted molar refractivity (Wildman–Crippen MR) is 58.2 cm³/mol. The van der Waals surface area contributed by atoms with E-state index in [2.05, 4.69) is 15.9 Å². The number of rotatable bonds is 5. The minimum Gasteiger partial charge on any atom is -0.195 e. The second-order valence-electron chi connectivity index (χ2n) is 3.18. The van der Waals surface area contributed by atoms with Crippen LogP contribution in [0.25, 0.3) is 0 Å². The van der Waals surface area contributed by atoms with E-state index in [4.69, 9.17) is 0 Å². The summed E-state index contributed by atoms with van der Waals surface area (Å²) in [6, 6.07) is 0. The van der Waals surface area contributed by atoms with Crippen LogP contribution in [0, 0.1) is 0 Å². The Labute approximate surface area is 89.2 Å². The minimum atomic E-state index is -3.23. The SMILES string of the molecule is CC(Br)CCN(C)S(=O)(=O)N(C)C. The first kappa shape index (κ1) is 13.4. The average Bonchev–Trinajstić information content (AvgIpc) is 1.99. The van der Waals surface area contributed by atoms with Crippen molar-refractivity contribution in [3.63, 3.8) is 0 Å². The van der Waals surface area contributed by atoms with Crippen molar-refractivity contribution in [1.29, 1.82) is 0 Å². The minimum absolute atomic E-state index is 0.340. The van der Waals surface area contributed by atoms with Crippen molar-refractivity contribution >= 4 is 26.1 Å². The van der Waals surface area contributed by atoms with Gasteiger partial charge < -0.3 is 0 Å². The summed E-state index contributed by atoms with van der Waals surface area (Å²) in [7, 11) is 1.42. The van der Waals surface area contributed by atoms with Crippen molar-refractivity contribution in [2.45, 2.75) is 18.2 Å². The monoisotopic (exact) mass is 272 g/mol. The second kappa shape index (κ2) is 5.29. The Morgan fingerprint density at radius 3 is 2.08 bits per heavy atom. The number of hydrogen-bond donors (Lipinski definition) is 0. The average molecular weight is 273 g/mol. The second-order valence-corrected chi connectivity index (χ2v) is 6.99. The van der Waals surface area contributed by atoms with Gasteiger partial charge in [0, 0.05) is 32.5 Å². The van der Waals surface area contributed by atoms with Gasteiger partial charge in [-0.15, -0.1) is 0 Å². The molecule has 1 atom stereocenters. The van der Waals surface area contributed by atoms with Crippen LogP contribution in [0.4, 0.5) is 0 Å². The highest BCUT2D eigenvalue weighted by molar-refractivity contribution is 9.09. The Morgan fingerprint density at radius 2 is 1.77 bits per heavy atom. The fourth-order valence-corrected chi connectivity index (χ4v) is 1.85. The van der Waals surface area contributed by atoms with E-state index >= 15 is 0 Å². The molecule has 0 aromatic heterocycles. The Kier molecular flexibility index (Phi) is 5.43. The predicted octanol–water partition coefficient (Wildman–Crippen LogP) is 0.898. The third-order valence-corrected chi connectivity index (χ3v) is 4.05. The number of hydrogen-bond acceptors (Lipinski definition) is 2.